The highest BCUT2D eigenvalue weighted by molar-refractivity contribution is 5.90. The highest BCUT2D eigenvalue weighted by Crippen LogP contribution is 2.40. The average Bonchev–Trinajstić information content (AvgIpc) is 2.63. The maximum absolute atomic E-state index is 14.5. The second-order valence-electron chi connectivity index (χ2n) is 8.28. The number of ether oxygens (including phenoxy) is 1. The van der Waals surface area contributed by atoms with Gasteiger partial charge in [-0.05, 0) is 53.9 Å². The minimum absolute atomic E-state index is 0.0899. The standard InChI is InChI=1S/C23H27FO2/c1-23(2,3)19-13-14-21(20(24)15-19)26-22(25)18-11-9-17(10-12-18)16-7-5-4-6-8-16/h4-12,19-21H,13-15H2,1-3H3/t19-,20+,21-/m0/s1. The molecule has 3 heteroatoms. The summed E-state index contributed by atoms with van der Waals surface area (Å²) in [7, 11) is 0. The molecule has 0 aromatic heterocycles. The van der Waals surface area contributed by atoms with Gasteiger partial charge in [-0.1, -0.05) is 63.2 Å². The van der Waals surface area contributed by atoms with E-state index in [2.05, 4.69) is 20.8 Å². The van der Waals surface area contributed by atoms with Crippen molar-refractivity contribution in [2.24, 2.45) is 11.3 Å². The molecule has 3 rings (SSSR count). The maximum atomic E-state index is 14.5. The summed E-state index contributed by atoms with van der Waals surface area (Å²) >= 11 is 0. The van der Waals surface area contributed by atoms with Crippen molar-refractivity contribution < 1.29 is 13.9 Å². The van der Waals surface area contributed by atoms with Crippen LogP contribution < -0.4 is 0 Å². The molecule has 0 heterocycles. The van der Waals surface area contributed by atoms with Crippen molar-refractivity contribution in [3.63, 3.8) is 0 Å². The molecule has 0 N–H and O–H groups in total. The summed E-state index contributed by atoms with van der Waals surface area (Å²) in [6.07, 6.45) is 0.246. The van der Waals surface area contributed by atoms with Gasteiger partial charge < -0.3 is 4.74 Å². The predicted octanol–water partition coefficient (Wildman–Crippen LogP) is 6.06. The van der Waals surface area contributed by atoms with E-state index >= 15 is 0 Å². The molecule has 0 aliphatic heterocycles. The monoisotopic (exact) mass is 354 g/mol. The molecule has 0 spiro atoms. The van der Waals surface area contributed by atoms with E-state index in [1.165, 1.54) is 0 Å². The molecule has 0 amide bonds. The van der Waals surface area contributed by atoms with Crippen molar-refractivity contribution in [1.82, 2.24) is 0 Å². The van der Waals surface area contributed by atoms with Gasteiger partial charge in [0, 0.05) is 0 Å². The fourth-order valence-electron chi connectivity index (χ4n) is 3.64. The molecule has 138 valence electrons. The largest absolute Gasteiger partial charge is 0.456 e. The van der Waals surface area contributed by atoms with Gasteiger partial charge >= 0.3 is 5.97 Å². The molecule has 1 aliphatic carbocycles. The molecule has 0 unspecified atom stereocenters. The number of halogens is 1. The quantitative estimate of drug-likeness (QED) is 0.626. The van der Waals surface area contributed by atoms with Gasteiger partial charge in [0.1, 0.15) is 12.3 Å². The van der Waals surface area contributed by atoms with Crippen LogP contribution in [0.15, 0.2) is 54.6 Å². The Kier molecular flexibility index (Phi) is 5.45. The zero-order chi connectivity index (χ0) is 18.7. The summed E-state index contributed by atoms with van der Waals surface area (Å²) in [5.74, 6) is -0.107. The lowest BCUT2D eigenvalue weighted by Gasteiger charge is -2.38. The number of hydrogen-bond acceptors (Lipinski definition) is 2. The van der Waals surface area contributed by atoms with Crippen LogP contribution >= 0.6 is 0 Å². The highest BCUT2D eigenvalue weighted by atomic mass is 19.1. The molecule has 2 nitrogen and oxygen atoms in total. The molecule has 26 heavy (non-hydrogen) atoms. The van der Waals surface area contributed by atoms with Gasteiger partial charge in [-0.2, -0.15) is 0 Å². The van der Waals surface area contributed by atoms with E-state index in [-0.39, 0.29) is 5.41 Å². The zero-order valence-corrected chi connectivity index (χ0v) is 15.7. The van der Waals surface area contributed by atoms with Crippen LogP contribution in [0.4, 0.5) is 4.39 Å². The Morgan fingerprint density at radius 1 is 0.962 bits per heavy atom. The lowest BCUT2D eigenvalue weighted by Crippen LogP contribution is -2.38. The second-order valence-corrected chi connectivity index (χ2v) is 8.28. The lowest BCUT2D eigenvalue weighted by atomic mass is 9.71. The third-order valence-corrected chi connectivity index (χ3v) is 5.42. The third kappa shape index (κ3) is 4.32. The molecule has 0 radical (unpaired) electrons. The molecule has 3 atom stereocenters. The number of alkyl halides is 1. The summed E-state index contributed by atoms with van der Waals surface area (Å²) in [4.78, 5) is 12.4. The van der Waals surface area contributed by atoms with Crippen LogP contribution in [0, 0.1) is 11.3 Å². The van der Waals surface area contributed by atoms with Crippen LogP contribution in [0.1, 0.15) is 50.4 Å². The first-order chi connectivity index (χ1) is 12.3. The first-order valence-corrected chi connectivity index (χ1v) is 9.35. The molecule has 2 aromatic rings. The van der Waals surface area contributed by atoms with Crippen molar-refractivity contribution in [2.75, 3.05) is 0 Å². The van der Waals surface area contributed by atoms with Crippen LogP contribution in [-0.4, -0.2) is 18.2 Å². The van der Waals surface area contributed by atoms with Crippen molar-refractivity contribution >= 4 is 5.97 Å². The Hall–Kier alpha value is -2.16. The van der Waals surface area contributed by atoms with Crippen LogP contribution in [-0.2, 0) is 4.74 Å². The number of rotatable bonds is 3. The topological polar surface area (TPSA) is 26.3 Å². The van der Waals surface area contributed by atoms with Crippen molar-refractivity contribution in [3.8, 4) is 11.1 Å². The minimum Gasteiger partial charge on any atom is -0.456 e. The Morgan fingerprint density at radius 3 is 2.15 bits per heavy atom. The van der Waals surface area contributed by atoms with Crippen molar-refractivity contribution in [1.29, 1.82) is 0 Å². The molecule has 0 bridgehead atoms. The van der Waals surface area contributed by atoms with E-state index in [9.17, 15) is 9.18 Å². The van der Waals surface area contributed by atoms with Gasteiger partial charge in [0.25, 0.3) is 0 Å². The first-order valence-electron chi connectivity index (χ1n) is 9.35. The number of esters is 1. The minimum atomic E-state index is -1.08. The van der Waals surface area contributed by atoms with Gasteiger partial charge in [-0.15, -0.1) is 0 Å². The molecular formula is C23H27FO2. The molecule has 1 saturated carbocycles. The van der Waals surface area contributed by atoms with Gasteiger partial charge in [0.15, 0.2) is 0 Å². The Bertz CT molecular complexity index is 731. The summed E-state index contributed by atoms with van der Waals surface area (Å²) in [5.41, 5.74) is 2.69. The summed E-state index contributed by atoms with van der Waals surface area (Å²) in [6.45, 7) is 6.43. The van der Waals surface area contributed by atoms with Crippen molar-refractivity contribution in [3.05, 3.63) is 60.2 Å². The second kappa shape index (κ2) is 7.61. The first kappa shape index (κ1) is 18.6. The van der Waals surface area contributed by atoms with Gasteiger partial charge in [-0.25, -0.2) is 9.18 Å². The van der Waals surface area contributed by atoms with E-state index in [0.29, 0.717) is 24.3 Å². The smallest absolute Gasteiger partial charge is 0.338 e. The Balaban J connectivity index is 1.62. The van der Waals surface area contributed by atoms with Crippen LogP contribution in [0.3, 0.4) is 0 Å². The van der Waals surface area contributed by atoms with E-state index in [1.807, 2.05) is 42.5 Å². The van der Waals surface area contributed by atoms with Crippen LogP contribution in [0.25, 0.3) is 11.1 Å². The Labute approximate surface area is 155 Å². The summed E-state index contributed by atoms with van der Waals surface area (Å²) < 4.78 is 20.0. The number of hydrogen-bond donors (Lipinski definition) is 0. The molecule has 1 aliphatic rings. The number of benzene rings is 2. The normalized spacial score (nSPS) is 23.5. The third-order valence-electron chi connectivity index (χ3n) is 5.42. The number of carbonyl (C=O) groups excluding carboxylic acids is 1. The molecular weight excluding hydrogens is 327 g/mol. The van der Waals surface area contributed by atoms with Crippen LogP contribution in [0.5, 0.6) is 0 Å². The van der Waals surface area contributed by atoms with Crippen LogP contribution in [0.2, 0.25) is 0 Å². The SMILES string of the molecule is CC(C)(C)[C@H]1CC[C@H](OC(=O)c2ccc(-c3ccccc3)cc2)[C@H](F)C1. The predicted molar refractivity (Wildman–Crippen MR) is 103 cm³/mol. The molecule has 2 aromatic carbocycles. The van der Waals surface area contributed by atoms with Gasteiger partial charge in [-0.3, -0.25) is 0 Å². The molecule has 0 saturated heterocycles. The van der Waals surface area contributed by atoms with Gasteiger partial charge in [0.2, 0.25) is 0 Å². The zero-order valence-electron chi connectivity index (χ0n) is 15.7. The fraction of sp³-hybridized carbons (Fsp3) is 0.435. The Morgan fingerprint density at radius 2 is 1.58 bits per heavy atom. The van der Waals surface area contributed by atoms with E-state index in [4.69, 9.17) is 4.74 Å². The average molecular weight is 354 g/mol. The maximum Gasteiger partial charge on any atom is 0.338 e. The number of carbonyl (C=O) groups is 1. The van der Waals surface area contributed by atoms with E-state index in [0.717, 1.165) is 17.5 Å². The lowest BCUT2D eigenvalue weighted by molar-refractivity contribution is -0.0288. The van der Waals surface area contributed by atoms with Gasteiger partial charge in [0.05, 0.1) is 5.56 Å². The highest BCUT2D eigenvalue weighted by Gasteiger charge is 2.37. The fourth-order valence-corrected chi connectivity index (χ4v) is 3.64. The van der Waals surface area contributed by atoms with Crippen molar-refractivity contribution in [2.45, 2.75) is 52.3 Å². The van der Waals surface area contributed by atoms with E-state index in [1.54, 1.807) is 12.1 Å². The molecule has 1 fully saturated rings. The summed E-state index contributed by atoms with van der Waals surface area (Å²) in [5, 5.41) is 0. The summed E-state index contributed by atoms with van der Waals surface area (Å²) in [6, 6.07) is 17.3. The van der Waals surface area contributed by atoms with E-state index < -0.39 is 18.2 Å².